The van der Waals surface area contributed by atoms with Gasteiger partial charge in [0.05, 0.1) is 0 Å². The Bertz CT molecular complexity index is 674. The molecule has 0 aliphatic heterocycles. The number of aromatic nitrogens is 2. The molecule has 1 aromatic heterocycles. The summed E-state index contributed by atoms with van der Waals surface area (Å²) in [5.74, 6) is -1.83. The second-order valence-corrected chi connectivity index (χ2v) is 4.23. The second-order valence-electron chi connectivity index (χ2n) is 4.23. The zero-order valence-corrected chi connectivity index (χ0v) is 11.9. The molecule has 0 saturated carbocycles. The maximum absolute atomic E-state index is 12.4. The molecule has 0 spiro atoms. The van der Waals surface area contributed by atoms with E-state index in [2.05, 4.69) is 9.97 Å². The van der Waals surface area contributed by atoms with Crippen molar-refractivity contribution in [2.45, 2.75) is 12.7 Å². The van der Waals surface area contributed by atoms with E-state index in [-0.39, 0.29) is 24.5 Å². The van der Waals surface area contributed by atoms with Crippen LogP contribution in [0.15, 0.2) is 30.6 Å². The first-order valence-electron chi connectivity index (χ1n) is 5.85. The van der Waals surface area contributed by atoms with E-state index in [0.717, 1.165) is 12.4 Å². The first kappa shape index (κ1) is 17.9. The van der Waals surface area contributed by atoms with E-state index < -0.39 is 17.9 Å². The van der Waals surface area contributed by atoms with Gasteiger partial charge >= 0.3 is 6.18 Å². The van der Waals surface area contributed by atoms with Crippen LogP contribution >= 0.6 is 12.4 Å². The zero-order chi connectivity index (χ0) is 15.6. The molecular formula is C13H12ClF3N4O. The summed E-state index contributed by atoms with van der Waals surface area (Å²) in [6.45, 7) is 0.0770. The highest BCUT2D eigenvalue weighted by atomic mass is 35.5. The lowest BCUT2D eigenvalue weighted by molar-refractivity contribution is -0.144. The minimum Gasteiger partial charge on any atom is -0.366 e. The van der Waals surface area contributed by atoms with E-state index in [1.54, 1.807) is 12.1 Å². The van der Waals surface area contributed by atoms with Gasteiger partial charge in [0.2, 0.25) is 11.7 Å². The molecule has 0 unspecified atom stereocenters. The maximum Gasteiger partial charge on any atom is 0.451 e. The Kier molecular flexibility index (Phi) is 5.45. The Hall–Kier alpha value is -2.19. The summed E-state index contributed by atoms with van der Waals surface area (Å²) in [7, 11) is 0. The van der Waals surface area contributed by atoms with Gasteiger partial charge in [-0.2, -0.15) is 13.2 Å². The molecule has 0 bridgehead atoms. The van der Waals surface area contributed by atoms with Crippen LogP contribution < -0.4 is 11.5 Å². The molecule has 1 amide bonds. The van der Waals surface area contributed by atoms with Crippen LogP contribution in [0.4, 0.5) is 13.2 Å². The van der Waals surface area contributed by atoms with Crippen LogP contribution in [0.25, 0.3) is 11.1 Å². The average Bonchev–Trinajstić information content (AvgIpc) is 2.45. The molecule has 9 heteroatoms. The van der Waals surface area contributed by atoms with E-state index in [1.165, 1.54) is 6.07 Å². The van der Waals surface area contributed by atoms with Crippen LogP contribution in [0.2, 0.25) is 0 Å². The van der Waals surface area contributed by atoms with E-state index in [4.69, 9.17) is 11.5 Å². The Morgan fingerprint density at radius 2 is 1.73 bits per heavy atom. The number of benzene rings is 1. The van der Waals surface area contributed by atoms with Gasteiger partial charge in [-0.1, -0.05) is 6.07 Å². The monoisotopic (exact) mass is 332 g/mol. The summed E-state index contributed by atoms with van der Waals surface area (Å²) in [4.78, 5) is 17.8. The number of hydrogen-bond acceptors (Lipinski definition) is 4. The molecule has 118 valence electrons. The molecule has 0 radical (unpaired) electrons. The lowest BCUT2D eigenvalue weighted by atomic mass is 10.0. The fourth-order valence-corrected chi connectivity index (χ4v) is 1.81. The van der Waals surface area contributed by atoms with Gasteiger partial charge < -0.3 is 11.5 Å². The number of hydrogen-bond donors (Lipinski definition) is 2. The summed E-state index contributed by atoms with van der Waals surface area (Å²) < 4.78 is 37.2. The summed E-state index contributed by atoms with van der Waals surface area (Å²) in [6, 6.07) is 4.59. The lowest BCUT2D eigenvalue weighted by Gasteiger charge is -2.09. The molecule has 1 aromatic carbocycles. The molecule has 0 atom stereocenters. The summed E-state index contributed by atoms with van der Waals surface area (Å²) in [5.41, 5.74) is 12.4. The third-order valence-electron chi connectivity index (χ3n) is 2.83. The molecule has 5 nitrogen and oxygen atoms in total. The highest BCUT2D eigenvalue weighted by Crippen LogP contribution is 2.27. The number of nitrogens with zero attached hydrogens (tertiary/aromatic N) is 2. The van der Waals surface area contributed by atoms with Crippen LogP contribution in [-0.2, 0) is 12.7 Å². The van der Waals surface area contributed by atoms with Crippen LogP contribution in [0.5, 0.6) is 0 Å². The third-order valence-corrected chi connectivity index (χ3v) is 2.83. The van der Waals surface area contributed by atoms with E-state index in [0.29, 0.717) is 16.7 Å². The summed E-state index contributed by atoms with van der Waals surface area (Å²) >= 11 is 0. The Morgan fingerprint density at radius 1 is 1.14 bits per heavy atom. The lowest BCUT2D eigenvalue weighted by Crippen LogP contribution is -2.15. The van der Waals surface area contributed by atoms with Crippen molar-refractivity contribution in [1.29, 1.82) is 0 Å². The number of carbonyl (C=O) groups is 1. The minimum atomic E-state index is -4.59. The zero-order valence-electron chi connectivity index (χ0n) is 11.1. The number of amides is 1. The molecule has 0 aliphatic rings. The van der Waals surface area contributed by atoms with Crippen molar-refractivity contribution in [3.8, 4) is 11.1 Å². The summed E-state index contributed by atoms with van der Waals surface area (Å²) in [5, 5.41) is 0. The van der Waals surface area contributed by atoms with Crippen molar-refractivity contribution in [2.75, 3.05) is 0 Å². The smallest absolute Gasteiger partial charge is 0.366 e. The maximum atomic E-state index is 12.4. The average molecular weight is 333 g/mol. The van der Waals surface area contributed by atoms with Crippen molar-refractivity contribution in [1.82, 2.24) is 9.97 Å². The van der Waals surface area contributed by atoms with Crippen molar-refractivity contribution in [3.63, 3.8) is 0 Å². The van der Waals surface area contributed by atoms with Gasteiger partial charge in [0, 0.05) is 30.1 Å². The third kappa shape index (κ3) is 3.71. The Morgan fingerprint density at radius 3 is 2.18 bits per heavy atom. The molecule has 0 fully saturated rings. The van der Waals surface area contributed by atoms with Gasteiger partial charge in [-0.15, -0.1) is 12.4 Å². The van der Waals surface area contributed by atoms with E-state index >= 15 is 0 Å². The number of nitrogens with two attached hydrogens (primary N) is 2. The highest BCUT2D eigenvalue weighted by Gasteiger charge is 2.34. The van der Waals surface area contributed by atoms with E-state index in [1.807, 2.05) is 0 Å². The molecule has 0 aliphatic carbocycles. The van der Waals surface area contributed by atoms with Gasteiger partial charge in [-0.25, -0.2) is 9.97 Å². The van der Waals surface area contributed by atoms with Gasteiger partial charge in [-0.3, -0.25) is 4.79 Å². The fourth-order valence-electron chi connectivity index (χ4n) is 1.81. The van der Waals surface area contributed by atoms with Crippen LogP contribution in [0.1, 0.15) is 21.7 Å². The SMILES string of the molecule is Cl.NCc1cc(-c2cnc(C(F)(F)F)nc2)ccc1C(N)=O. The van der Waals surface area contributed by atoms with Crippen molar-refractivity contribution in [2.24, 2.45) is 11.5 Å². The predicted octanol–water partition coefficient (Wildman–Crippen LogP) is 2.14. The number of halogens is 4. The Labute approximate surface area is 130 Å². The molecule has 1 heterocycles. The topological polar surface area (TPSA) is 94.9 Å². The van der Waals surface area contributed by atoms with E-state index in [9.17, 15) is 18.0 Å². The normalized spacial score (nSPS) is 10.9. The van der Waals surface area contributed by atoms with Gasteiger partial charge in [-0.05, 0) is 23.3 Å². The fraction of sp³-hybridized carbons (Fsp3) is 0.154. The predicted molar refractivity (Wildman–Crippen MR) is 76.1 cm³/mol. The molecule has 0 saturated heterocycles. The second kappa shape index (κ2) is 6.71. The van der Waals surface area contributed by atoms with Crippen LogP contribution in [0.3, 0.4) is 0 Å². The van der Waals surface area contributed by atoms with Crippen molar-refractivity contribution in [3.05, 3.63) is 47.5 Å². The quantitative estimate of drug-likeness (QED) is 0.900. The minimum absolute atomic E-state index is 0. The molecular weight excluding hydrogens is 321 g/mol. The highest BCUT2D eigenvalue weighted by molar-refractivity contribution is 5.95. The van der Waals surface area contributed by atoms with Crippen molar-refractivity contribution < 1.29 is 18.0 Å². The largest absolute Gasteiger partial charge is 0.451 e. The van der Waals surface area contributed by atoms with Crippen LogP contribution in [-0.4, -0.2) is 15.9 Å². The molecule has 4 N–H and O–H groups in total. The number of carbonyl (C=O) groups excluding carboxylic acids is 1. The van der Waals surface area contributed by atoms with Crippen LogP contribution in [0, 0.1) is 0 Å². The summed E-state index contributed by atoms with van der Waals surface area (Å²) in [6.07, 6.45) is -2.46. The standard InChI is InChI=1S/C13H11F3N4O.ClH/c14-13(15,16)12-19-5-9(6-20-12)7-1-2-10(11(18)21)8(3-7)4-17;/h1-3,5-6H,4,17H2,(H2,18,21);1H. The number of rotatable bonds is 3. The number of alkyl halides is 3. The van der Waals surface area contributed by atoms with Gasteiger partial charge in [0.15, 0.2) is 0 Å². The first-order valence-corrected chi connectivity index (χ1v) is 5.85. The molecule has 22 heavy (non-hydrogen) atoms. The Balaban J connectivity index is 0.00000242. The first-order chi connectivity index (χ1) is 9.82. The molecule has 2 rings (SSSR count). The van der Waals surface area contributed by atoms with Gasteiger partial charge in [0.1, 0.15) is 0 Å². The molecule has 2 aromatic rings. The number of primary amides is 1. The van der Waals surface area contributed by atoms with Gasteiger partial charge in [0.25, 0.3) is 0 Å². The van der Waals surface area contributed by atoms with Crippen molar-refractivity contribution >= 4 is 18.3 Å².